The van der Waals surface area contributed by atoms with Crippen LogP contribution in [0.15, 0.2) is 48.5 Å². The normalized spacial score (nSPS) is 21.4. The maximum absolute atomic E-state index is 6.08. The van der Waals surface area contributed by atoms with Crippen molar-refractivity contribution in [3.05, 3.63) is 69.7 Å². The summed E-state index contributed by atoms with van der Waals surface area (Å²) in [5, 5.41) is 8.64. The van der Waals surface area contributed by atoms with Crippen molar-refractivity contribution in [2.24, 2.45) is 0 Å². The smallest absolute Gasteiger partial charge is 0.167 e. The Morgan fingerprint density at radius 1 is 0.800 bits per heavy atom. The van der Waals surface area contributed by atoms with E-state index in [4.69, 9.17) is 35.4 Å². The van der Waals surface area contributed by atoms with E-state index in [9.17, 15) is 0 Å². The SMILES string of the molecule is S=C1NC(c2cccc(Cl)c2)C(c2cccc(Cl)c2)N1. The minimum absolute atomic E-state index is 0.0414. The highest BCUT2D eigenvalue weighted by molar-refractivity contribution is 7.80. The van der Waals surface area contributed by atoms with Crippen LogP contribution in [0.1, 0.15) is 23.2 Å². The number of thiocarbonyl (C=S) groups is 1. The first-order valence-electron chi connectivity index (χ1n) is 6.21. The van der Waals surface area contributed by atoms with Crippen molar-refractivity contribution < 1.29 is 0 Å². The molecule has 0 bridgehead atoms. The second kappa shape index (κ2) is 5.60. The summed E-state index contributed by atoms with van der Waals surface area (Å²) in [5.74, 6) is 0. The van der Waals surface area contributed by atoms with Gasteiger partial charge in [-0.25, -0.2) is 0 Å². The molecule has 5 heteroatoms. The van der Waals surface area contributed by atoms with Gasteiger partial charge in [0.15, 0.2) is 5.11 Å². The van der Waals surface area contributed by atoms with Crippen LogP contribution >= 0.6 is 35.4 Å². The predicted molar refractivity (Wildman–Crippen MR) is 87.3 cm³/mol. The third-order valence-corrected chi connectivity index (χ3v) is 4.03. The first kappa shape index (κ1) is 13.7. The number of benzene rings is 2. The van der Waals surface area contributed by atoms with Crippen LogP contribution in [0, 0.1) is 0 Å². The van der Waals surface area contributed by atoms with E-state index in [1.807, 2.05) is 48.5 Å². The molecule has 2 atom stereocenters. The lowest BCUT2D eigenvalue weighted by atomic mass is 9.95. The van der Waals surface area contributed by atoms with Crippen molar-refractivity contribution in [1.29, 1.82) is 0 Å². The predicted octanol–water partition coefficient (Wildman–Crippen LogP) is 4.25. The van der Waals surface area contributed by atoms with Crippen LogP contribution in [0.2, 0.25) is 10.0 Å². The van der Waals surface area contributed by atoms with Crippen molar-refractivity contribution in [3.8, 4) is 0 Å². The van der Waals surface area contributed by atoms with Gasteiger partial charge in [0.25, 0.3) is 0 Å². The van der Waals surface area contributed by atoms with Gasteiger partial charge in [0.2, 0.25) is 0 Å². The van der Waals surface area contributed by atoms with E-state index in [0.717, 1.165) is 11.1 Å². The maximum atomic E-state index is 6.08. The van der Waals surface area contributed by atoms with Gasteiger partial charge < -0.3 is 10.6 Å². The summed E-state index contributed by atoms with van der Waals surface area (Å²) in [5.41, 5.74) is 2.18. The molecule has 0 aliphatic carbocycles. The molecular formula is C15H12Cl2N2S. The van der Waals surface area contributed by atoms with E-state index in [2.05, 4.69) is 10.6 Å². The van der Waals surface area contributed by atoms with Crippen molar-refractivity contribution >= 4 is 40.5 Å². The molecule has 2 aromatic carbocycles. The molecule has 1 aliphatic heterocycles. The summed E-state index contributed by atoms with van der Waals surface area (Å²) in [6, 6.07) is 15.7. The lowest BCUT2D eigenvalue weighted by molar-refractivity contribution is 0.554. The summed E-state index contributed by atoms with van der Waals surface area (Å²) in [6.45, 7) is 0. The van der Waals surface area contributed by atoms with E-state index in [1.54, 1.807) is 0 Å². The summed E-state index contributed by atoms with van der Waals surface area (Å²) < 4.78 is 0. The van der Waals surface area contributed by atoms with E-state index in [1.165, 1.54) is 0 Å². The molecular weight excluding hydrogens is 311 g/mol. The Balaban J connectivity index is 1.99. The Bertz CT molecular complexity index is 604. The van der Waals surface area contributed by atoms with Crippen LogP contribution in [0.4, 0.5) is 0 Å². The molecule has 0 amide bonds. The molecule has 102 valence electrons. The molecule has 20 heavy (non-hydrogen) atoms. The highest BCUT2D eigenvalue weighted by Crippen LogP contribution is 2.34. The van der Waals surface area contributed by atoms with Gasteiger partial charge in [0.05, 0.1) is 12.1 Å². The van der Waals surface area contributed by atoms with E-state index >= 15 is 0 Å². The molecule has 1 saturated heterocycles. The van der Waals surface area contributed by atoms with Crippen molar-refractivity contribution in [3.63, 3.8) is 0 Å². The molecule has 1 heterocycles. The molecule has 2 unspecified atom stereocenters. The number of hydrogen-bond acceptors (Lipinski definition) is 1. The molecule has 2 N–H and O–H groups in total. The van der Waals surface area contributed by atoms with Crippen LogP contribution in [0.3, 0.4) is 0 Å². The van der Waals surface area contributed by atoms with Gasteiger partial charge in [-0.05, 0) is 47.6 Å². The average molecular weight is 323 g/mol. The second-order valence-electron chi connectivity index (χ2n) is 4.68. The molecule has 1 fully saturated rings. The van der Waals surface area contributed by atoms with Crippen LogP contribution in [0.25, 0.3) is 0 Å². The summed E-state index contributed by atoms with van der Waals surface area (Å²) >= 11 is 17.4. The van der Waals surface area contributed by atoms with Gasteiger partial charge in [-0.2, -0.15) is 0 Å². The van der Waals surface area contributed by atoms with Gasteiger partial charge in [-0.15, -0.1) is 0 Å². The average Bonchev–Trinajstić information content (AvgIpc) is 2.81. The zero-order valence-corrected chi connectivity index (χ0v) is 12.8. The number of nitrogens with one attached hydrogen (secondary N) is 2. The molecule has 0 spiro atoms. The Morgan fingerprint density at radius 3 is 1.65 bits per heavy atom. The van der Waals surface area contributed by atoms with Crippen LogP contribution in [-0.2, 0) is 0 Å². The van der Waals surface area contributed by atoms with Crippen LogP contribution in [0.5, 0.6) is 0 Å². The zero-order valence-electron chi connectivity index (χ0n) is 10.4. The van der Waals surface area contributed by atoms with E-state index in [0.29, 0.717) is 15.2 Å². The summed E-state index contributed by atoms with van der Waals surface area (Å²) in [4.78, 5) is 0. The first-order chi connectivity index (χ1) is 9.63. The van der Waals surface area contributed by atoms with Crippen LogP contribution in [-0.4, -0.2) is 5.11 Å². The van der Waals surface area contributed by atoms with Crippen molar-refractivity contribution in [2.75, 3.05) is 0 Å². The number of halogens is 2. The molecule has 0 radical (unpaired) electrons. The molecule has 0 saturated carbocycles. The Kier molecular flexibility index (Phi) is 3.83. The largest absolute Gasteiger partial charge is 0.353 e. The third-order valence-electron chi connectivity index (χ3n) is 3.32. The monoisotopic (exact) mass is 322 g/mol. The minimum atomic E-state index is 0.0414. The zero-order chi connectivity index (χ0) is 14.1. The van der Waals surface area contributed by atoms with Gasteiger partial charge in [-0.3, -0.25) is 0 Å². The molecule has 0 aromatic heterocycles. The topological polar surface area (TPSA) is 24.1 Å². The van der Waals surface area contributed by atoms with Gasteiger partial charge in [0.1, 0.15) is 0 Å². The van der Waals surface area contributed by atoms with E-state index in [-0.39, 0.29) is 12.1 Å². The van der Waals surface area contributed by atoms with Crippen molar-refractivity contribution in [1.82, 2.24) is 10.6 Å². The van der Waals surface area contributed by atoms with Gasteiger partial charge >= 0.3 is 0 Å². The molecule has 3 rings (SSSR count). The van der Waals surface area contributed by atoms with Gasteiger partial charge in [-0.1, -0.05) is 47.5 Å². The van der Waals surface area contributed by atoms with E-state index < -0.39 is 0 Å². The molecule has 2 nitrogen and oxygen atoms in total. The molecule has 2 aromatic rings. The second-order valence-corrected chi connectivity index (χ2v) is 5.96. The third kappa shape index (κ3) is 2.75. The number of rotatable bonds is 2. The van der Waals surface area contributed by atoms with Crippen molar-refractivity contribution in [2.45, 2.75) is 12.1 Å². The molecule has 1 aliphatic rings. The Morgan fingerprint density at radius 2 is 1.25 bits per heavy atom. The standard InChI is InChI=1S/C15H12Cl2N2S/c16-11-5-1-3-9(7-11)13-14(19-15(20)18-13)10-4-2-6-12(17)8-10/h1-8,13-14H,(H2,18,19,20). The first-order valence-corrected chi connectivity index (χ1v) is 7.38. The van der Waals surface area contributed by atoms with Crippen LogP contribution < -0.4 is 10.6 Å². The quantitative estimate of drug-likeness (QED) is 0.808. The lowest BCUT2D eigenvalue weighted by Crippen LogP contribution is -2.21. The Hall–Kier alpha value is -1.29. The Labute approximate surface area is 133 Å². The fourth-order valence-electron chi connectivity index (χ4n) is 2.44. The van der Waals surface area contributed by atoms with Gasteiger partial charge in [0, 0.05) is 10.0 Å². The lowest BCUT2D eigenvalue weighted by Gasteiger charge is -2.20. The summed E-state index contributed by atoms with van der Waals surface area (Å²) in [6.07, 6.45) is 0. The fraction of sp³-hybridized carbons (Fsp3) is 0.133. The fourth-order valence-corrected chi connectivity index (χ4v) is 3.09. The summed E-state index contributed by atoms with van der Waals surface area (Å²) in [7, 11) is 0. The minimum Gasteiger partial charge on any atom is -0.353 e. The maximum Gasteiger partial charge on any atom is 0.167 e. The highest BCUT2D eigenvalue weighted by Gasteiger charge is 2.32. The number of hydrogen-bond donors (Lipinski definition) is 2. The highest BCUT2D eigenvalue weighted by atomic mass is 35.5.